The van der Waals surface area contributed by atoms with Crippen LogP contribution >= 0.6 is 12.2 Å². The van der Waals surface area contributed by atoms with Gasteiger partial charge in [0, 0.05) is 17.7 Å². The number of hydrogen-bond acceptors (Lipinski definition) is 5. The number of fused-ring (bicyclic) bond motifs is 1. The first kappa shape index (κ1) is 25.7. The van der Waals surface area contributed by atoms with Crippen molar-refractivity contribution < 1.29 is 32.3 Å². The smallest absolute Gasteiger partial charge is 0.417 e. The van der Waals surface area contributed by atoms with Crippen LogP contribution in [0.15, 0.2) is 71.1 Å². The minimum Gasteiger partial charge on any atom is -0.504 e. The maximum absolute atomic E-state index is 13.4. The second-order valence-corrected chi connectivity index (χ2v) is 8.43. The topological polar surface area (TPSA) is 118 Å². The van der Waals surface area contributed by atoms with E-state index in [1.165, 1.54) is 12.1 Å². The molecule has 3 amide bonds. The van der Waals surface area contributed by atoms with Gasteiger partial charge in [-0.15, -0.1) is 0 Å². The van der Waals surface area contributed by atoms with Gasteiger partial charge in [0.05, 0.1) is 16.5 Å². The highest BCUT2D eigenvalue weighted by Gasteiger charge is 2.35. The summed E-state index contributed by atoms with van der Waals surface area (Å²) in [6.45, 7) is 0. The van der Waals surface area contributed by atoms with Gasteiger partial charge in [-0.1, -0.05) is 54.7 Å². The second-order valence-electron chi connectivity index (χ2n) is 8.03. The third-order valence-electron chi connectivity index (χ3n) is 5.61. The molecule has 0 radical (unpaired) electrons. The van der Waals surface area contributed by atoms with E-state index in [2.05, 4.69) is 10.6 Å². The number of benzene rings is 3. The van der Waals surface area contributed by atoms with Gasteiger partial charge in [0.2, 0.25) is 0 Å². The van der Waals surface area contributed by atoms with Crippen LogP contribution in [0.5, 0.6) is 5.75 Å². The van der Waals surface area contributed by atoms with E-state index in [0.717, 1.165) is 12.1 Å². The van der Waals surface area contributed by atoms with Crippen molar-refractivity contribution in [3.8, 4) is 5.75 Å². The van der Waals surface area contributed by atoms with Crippen LogP contribution in [0.2, 0.25) is 0 Å². The molecular weight excluding hydrogens is 507 g/mol. The van der Waals surface area contributed by atoms with Crippen molar-refractivity contribution in [2.24, 2.45) is 5.73 Å². The Balaban J connectivity index is 1.57. The molecular formula is C26H20F3N3O4S. The van der Waals surface area contributed by atoms with E-state index >= 15 is 0 Å². The average Bonchev–Trinajstić information content (AvgIpc) is 3.18. The number of urea groups is 1. The second kappa shape index (κ2) is 10.3. The molecule has 0 saturated carbocycles. The van der Waals surface area contributed by atoms with Crippen molar-refractivity contribution in [1.29, 1.82) is 0 Å². The van der Waals surface area contributed by atoms with Gasteiger partial charge in [-0.25, -0.2) is 4.79 Å². The normalized spacial score (nSPS) is 11.3. The van der Waals surface area contributed by atoms with Gasteiger partial charge >= 0.3 is 12.2 Å². The Labute approximate surface area is 214 Å². The Hall–Kier alpha value is -4.38. The van der Waals surface area contributed by atoms with E-state index in [0.29, 0.717) is 27.8 Å². The SMILES string of the molecule is NC(=O)NC(=S)c1cccc2oc(CCc3ccccc3NC(=O)c3ccccc3C(F)(F)F)c(O)c12. The Morgan fingerprint density at radius 2 is 1.62 bits per heavy atom. The highest BCUT2D eigenvalue weighted by molar-refractivity contribution is 7.80. The number of para-hydroxylation sites is 1. The molecule has 5 N–H and O–H groups in total. The summed E-state index contributed by atoms with van der Waals surface area (Å²) >= 11 is 5.19. The molecule has 7 nitrogen and oxygen atoms in total. The molecule has 11 heteroatoms. The van der Waals surface area contributed by atoms with Gasteiger partial charge < -0.3 is 20.6 Å². The summed E-state index contributed by atoms with van der Waals surface area (Å²) in [6.07, 6.45) is -4.20. The fourth-order valence-corrected chi connectivity index (χ4v) is 4.22. The predicted octanol–water partition coefficient (Wildman–Crippen LogP) is 5.54. The van der Waals surface area contributed by atoms with Crippen LogP contribution in [0.1, 0.15) is 32.8 Å². The van der Waals surface area contributed by atoms with Crippen molar-refractivity contribution in [1.82, 2.24) is 5.32 Å². The number of anilines is 1. The number of halogens is 3. The van der Waals surface area contributed by atoms with Crippen molar-refractivity contribution in [2.75, 3.05) is 5.32 Å². The lowest BCUT2D eigenvalue weighted by Gasteiger charge is -2.14. The largest absolute Gasteiger partial charge is 0.504 e. The highest BCUT2D eigenvalue weighted by atomic mass is 32.1. The Morgan fingerprint density at radius 3 is 2.35 bits per heavy atom. The summed E-state index contributed by atoms with van der Waals surface area (Å²) in [5, 5.41) is 16.0. The van der Waals surface area contributed by atoms with Crippen molar-refractivity contribution in [3.05, 3.63) is 94.7 Å². The van der Waals surface area contributed by atoms with Crippen LogP contribution in [-0.2, 0) is 19.0 Å². The van der Waals surface area contributed by atoms with Crippen LogP contribution in [0.3, 0.4) is 0 Å². The fraction of sp³-hybridized carbons (Fsp3) is 0.115. The zero-order valence-corrected chi connectivity index (χ0v) is 19.9. The number of carbonyl (C=O) groups excluding carboxylic acids is 2. The summed E-state index contributed by atoms with van der Waals surface area (Å²) in [5.41, 5.74) is 5.25. The molecule has 4 aromatic rings. The average molecular weight is 528 g/mol. The molecule has 3 aromatic carbocycles. The minimum absolute atomic E-state index is 0.0212. The molecule has 37 heavy (non-hydrogen) atoms. The van der Waals surface area contributed by atoms with Crippen molar-refractivity contribution in [2.45, 2.75) is 19.0 Å². The number of aromatic hydroxyl groups is 1. The molecule has 190 valence electrons. The Bertz CT molecular complexity index is 1510. The van der Waals surface area contributed by atoms with Gasteiger partial charge in [0.1, 0.15) is 16.3 Å². The van der Waals surface area contributed by atoms with Crippen LogP contribution in [0.4, 0.5) is 23.7 Å². The number of nitrogens with two attached hydrogens (primary N) is 1. The van der Waals surface area contributed by atoms with Crippen molar-refractivity contribution in [3.63, 3.8) is 0 Å². The molecule has 0 atom stereocenters. The van der Waals surface area contributed by atoms with E-state index in [-0.39, 0.29) is 29.3 Å². The quantitative estimate of drug-likeness (QED) is 0.246. The van der Waals surface area contributed by atoms with E-state index in [1.54, 1.807) is 42.5 Å². The number of carbonyl (C=O) groups is 2. The third-order valence-corrected chi connectivity index (χ3v) is 5.93. The number of furan rings is 1. The number of amides is 3. The van der Waals surface area contributed by atoms with E-state index < -0.39 is 29.2 Å². The monoisotopic (exact) mass is 527 g/mol. The van der Waals surface area contributed by atoms with Crippen LogP contribution < -0.4 is 16.4 Å². The zero-order valence-electron chi connectivity index (χ0n) is 19.1. The van der Waals surface area contributed by atoms with Crippen molar-refractivity contribution >= 4 is 45.8 Å². The fourth-order valence-electron chi connectivity index (χ4n) is 3.95. The zero-order chi connectivity index (χ0) is 26.7. The molecule has 0 spiro atoms. The van der Waals surface area contributed by atoms with Crippen LogP contribution in [0.25, 0.3) is 11.0 Å². The molecule has 4 rings (SSSR count). The lowest BCUT2D eigenvalue weighted by molar-refractivity contribution is -0.137. The number of aryl methyl sites for hydroxylation is 2. The molecule has 1 heterocycles. The number of alkyl halides is 3. The van der Waals surface area contributed by atoms with Gasteiger partial charge in [-0.2, -0.15) is 13.2 Å². The predicted molar refractivity (Wildman–Crippen MR) is 136 cm³/mol. The van der Waals surface area contributed by atoms with Crippen LogP contribution in [-0.4, -0.2) is 22.0 Å². The summed E-state index contributed by atoms with van der Waals surface area (Å²) < 4.78 is 45.9. The molecule has 0 fully saturated rings. The Morgan fingerprint density at radius 1 is 0.946 bits per heavy atom. The number of nitrogens with one attached hydrogen (secondary N) is 2. The summed E-state index contributed by atoms with van der Waals surface area (Å²) in [4.78, 5) is 23.9. The lowest BCUT2D eigenvalue weighted by Crippen LogP contribution is -2.34. The first-order chi connectivity index (χ1) is 17.6. The summed E-state index contributed by atoms with van der Waals surface area (Å²) in [5.74, 6) is -0.834. The van der Waals surface area contributed by atoms with Crippen LogP contribution in [0, 0.1) is 0 Å². The molecule has 0 aliphatic heterocycles. The lowest BCUT2D eigenvalue weighted by atomic mass is 10.0. The van der Waals surface area contributed by atoms with E-state index in [1.807, 2.05) is 0 Å². The maximum Gasteiger partial charge on any atom is 0.417 e. The molecule has 0 saturated heterocycles. The molecule has 0 aliphatic carbocycles. The third kappa shape index (κ3) is 5.56. The number of thiocarbonyl (C=S) groups is 1. The summed E-state index contributed by atoms with van der Waals surface area (Å²) in [6, 6.07) is 15.2. The van der Waals surface area contributed by atoms with Gasteiger partial charge in [-0.3, -0.25) is 10.1 Å². The molecule has 1 aromatic heterocycles. The highest BCUT2D eigenvalue weighted by Crippen LogP contribution is 2.36. The maximum atomic E-state index is 13.4. The van der Waals surface area contributed by atoms with Gasteiger partial charge in [-0.05, 0) is 36.2 Å². The first-order valence-electron chi connectivity index (χ1n) is 11.0. The molecule has 0 aliphatic rings. The minimum atomic E-state index is -4.68. The molecule has 0 unspecified atom stereocenters. The van der Waals surface area contributed by atoms with Gasteiger partial charge in [0.15, 0.2) is 5.75 Å². The van der Waals surface area contributed by atoms with E-state index in [4.69, 9.17) is 22.4 Å². The van der Waals surface area contributed by atoms with Gasteiger partial charge in [0.25, 0.3) is 5.91 Å². The summed E-state index contributed by atoms with van der Waals surface area (Å²) in [7, 11) is 0. The number of rotatable bonds is 6. The number of primary amides is 1. The Kier molecular flexibility index (Phi) is 7.16. The first-order valence-corrected chi connectivity index (χ1v) is 11.4. The molecule has 0 bridgehead atoms. The van der Waals surface area contributed by atoms with E-state index in [9.17, 15) is 27.9 Å². The number of hydrogen-bond donors (Lipinski definition) is 4. The standard InChI is InChI=1S/C26H20F3N3O4S/c27-26(28,29)17-9-3-2-7-15(17)23(34)31-18-10-4-1-6-14(18)12-13-20-22(33)21-16(24(37)32-25(30)35)8-5-11-19(21)36-20/h1-11,33H,12-13H2,(H,31,34)(H3,30,32,35,37).